The van der Waals surface area contributed by atoms with Crippen LogP contribution in [0.5, 0.6) is 5.75 Å². The monoisotopic (exact) mass is 412 g/mol. The van der Waals surface area contributed by atoms with Crippen LogP contribution in [0, 0.1) is 11.6 Å². The van der Waals surface area contributed by atoms with Gasteiger partial charge in [-0.1, -0.05) is 18.7 Å². The van der Waals surface area contributed by atoms with E-state index in [1.54, 1.807) is 0 Å². The molecule has 0 atom stereocenters. The van der Waals surface area contributed by atoms with Crippen LogP contribution in [0.2, 0.25) is 0 Å². The van der Waals surface area contributed by atoms with E-state index in [0.29, 0.717) is 12.1 Å². The van der Waals surface area contributed by atoms with Gasteiger partial charge in [-0.2, -0.15) is 21.6 Å². The molecule has 0 heterocycles. The van der Waals surface area contributed by atoms with Gasteiger partial charge in [0.25, 0.3) is 0 Å². The van der Waals surface area contributed by atoms with Crippen molar-refractivity contribution in [2.45, 2.75) is 12.4 Å². The first kappa shape index (κ1) is 22.4. The van der Waals surface area contributed by atoms with Crippen molar-refractivity contribution in [2.24, 2.45) is 0 Å². The van der Waals surface area contributed by atoms with Gasteiger partial charge in [0.2, 0.25) is 0 Å². The zero-order valence-corrected chi connectivity index (χ0v) is 14.7. The number of hydrogen-bond acceptors (Lipinski definition) is 5. The van der Waals surface area contributed by atoms with Crippen molar-refractivity contribution in [1.29, 1.82) is 0 Å². The molecule has 1 aromatic carbocycles. The smallest absolute Gasteiger partial charge is 0.465 e. The molecule has 0 saturated carbocycles. The van der Waals surface area contributed by atoms with Crippen molar-refractivity contribution in [3.63, 3.8) is 0 Å². The fraction of sp³-hybridized carbons (Fsp3) is 0.188. The quantitative estimate of drug-likeness (QED) is 0.177. The molecule has 0 fully saturated rings. The molecule has 0 aromatic heterocycles. The number of allylic oxidation sites excluding steroid dienone is 3. The molecule has 11 heteroatoms. The lowest BCUT2D eigenvalue weighted by Gasteiger charge is -2.12. The molecule has 0 saturated heterocycles. The zero-order valence-electron chi connectivity index (χ0n) is 13.9. The number of carbonyl (C=O) groups excluding carboxylic acids is 1. The summed E-state index contributed by atoms with van der Waals surface area (Å²) in [5, 5.41) is 0. The summed E-state index contributed by atoms with van der Waals surface area (Å²) in [5.41, 5.74) is -6.79. The Morgan fingerprint density at radius 1 is 1.22 bits per heavy atom. The van der Waals surface area contributed by atoms with Crippen molar-refractivity contribution in [3.05, 3.63) is 59.7 Å². The zero-order chi connectivity index (χ0) is 21.0. The highest BCUT2D eigenvalue weighted by molar-refractivity contribution is 7.88. The maximum Gasteiger partial charge on any atom is 0.534 e. The molecule has 0 N–H and O–H groups in total. The second kappa shape index (κ2) is 8.33. The summed E-state index contributed by atoms with van der Waals surface area (Å²) in [4.78, 5) is 11.1. The van der Waals surface area contributed by atoms with Gasteiger partial charge in [-0.15, -0.1) is 0 Å². The third-order valence-electron chi connectivity index (χ3n) is 3.02. The van der Waals surface area contributed by atoms with Gasteiger partial charge in [0.15, 0.2) is 11.6 Å². The van der Waals surface area contributed by atoms with Gasteiger partial charge < -0.3 is 8.92 Å². The molecular weight excluding hydrogens is 399 g/mol. The first-order valence-electron chi connectivity index (χ1n) is 6.93. The predicted octanol–water partition coefficient (Wildman–Crippen LogP) is 3.88. The van der Waals surface area contributed by atoms with Gasteiger partial charge in [0, 0.05) is 0 Å². The van der Waals surface area contributed by atoms with Crippen LogP contribution in [-0.2, 0) is 19.6 Å². The Hall–Kier alpha value is -2.69. The van der Waals surface area contributed by atoms with Crippen LogP contribution in [0.4, 0.5) is 22.0 Å². The molecule has 0 amide bonds. The summed E-state index contributed by atoms with van der Waals surface area (Å²) >= 11 is 0. The van der Waals surface area contributed by atoms with Crippen LogP contribution in [0.25, 0.3) is 5.57 Å². The minimum atomic E-state index is -6.13. The first-order chi connectivity index (χ1) is 12.3. The maximum atomic E-state index is 14.3. The molecule has 0 radical (unpaired) electrons. The predicted molar refractivity (Wildman–Crippen MR) is 85.9 cm³/mol. The van der Waals surface area contributed by atoms with E-state index in [1.165, 1.54) is 19.1 Å². The Kier molecular flexibility index (Phi) is 6.90. The number of benzene rings is 1. The van der Waals surface area contributed by atoms with Gasteiger partial charge in [0.05, 0.1) is 18.2 Å². The molecule has 0 spiro atoms. The van der Waals surface area contributed by atoms with E-state index in [-0.39, 0.29) is 11.1 Å². The van der Waals surface area contributed by atoms with Gasteiger partial charge in [0.1, 0.15) is 5.82 Å². The molecule has 27 heavy (non-hydrogen) atoms. The molecule has 0 aliphatic heterocycles. The second-order valence-corrected chi connectivity index (χ2v) is 6.48. The normalized spacial score (nSPS) is 12.9. The summed E-state index contributed by atoms with van der Waals surface area (Å²) in [6.07, 6.45) is 3.48. The maximum absolute atomic E-state index is 14.3. The molecule has 0 unspecified atom stereocenters. The fourth-order valence-electron chi connectivity index (χ4n) is 1.72. The minimum absolute atomic E-state index is 0.0733. The van der Waals surface area contributed by atoms with Crippen LogP contribution in [-0.4, -0.2) is 27.0 Å². The van der Waals surface area contributed by atoms with Crippen molar-refractivity contribution in [1.82, 2.24) is 0 Å². The van der Waals surface area contributed by atoms with Crippen molar-refractivity contribution >= 4 is 21.7 Å². The number of halogens is 5. The van der Waals surface area contributed by atoms with Crippen molar-refractivity contribution in [2.75, 3.05) is 7.11 Å². The van der Waals surface area contributed by atoms with E-state index in [9.17, 15) is 35.2 Å². The number of esters is 1. The summed E-state index contributed by atoms with van der Waals surface area (Å²) in [5.74, 6) is -4.88. The average Bonchev–Trinajstić information content (AvgIpc) is 2.55. The van der Waals surface area contributed by atoms with E-state index < -0.39 is 44.5 Å². The van der Waals surface area contributed by atoms with E-state index >= 15 is 0 Å². The lowest BCUT2D eigenvalue weighted by atomic mass is 10.0. The van der Waals surface area contributed by atoms with Crippen LogP contribution in [0.3, 0.4) is 0 Å². The molecular formula is C16H13F5O5S. The SMILES string of the molecule is C=C(/C=C\C=C(/C)c1c(F)ccc(OS(=O)(=O)C(F)(F)F)c1F)C(=O)OC. The highest BCUT2D eigenvalue weighted by Crippen LogP contribution is 2.32. The van der Waals surface area contributed by atoms with Crippen LogP contribution >= 0.6 is 0 Å². The summed E-state index contributed by atoms with van der Waals surface area (Å²) in [6, 6.07) is 0.966. The summed E-state index contributed by atoms with van der Waals surface area (Å²) < 4.78 is 95.3. The highest BCUT2D eigenvalue weighted by atomic mass is 32.2. The lowest BCUT2D eigenvalue weighted by molar-refractivity contribution is -0.135. The largest absolute Gasteiger partial charge is 0.534 e. The Morgan fingerprint density at radius 2 is 1.81 bits per heavy atom. The van der Waals surface area contributed by atoms with Crippen LogP contribution in [0.15, 0.2) is 42.5 Å². The highest BCUT2D eigenvalue weighted by Gasteiger charge is 2.49. The van der Waals surface area contributed by atoms with Crippen LogP contribution in [0.1, 0.15) is 12.5 Å². The Bertz CT molecular complexity index is 914. The Labute approximate surface area is 151 Å². The molecule has 148 valence electrons. The number of alkyl halides is 3. The number of rotatable bonds is 6. The lowest BCUT2D eigenvalue weighted by Crippen LogP contribution is -2.28. The van der Waals surface area contributed by atoms with E-state index in [2.05, 4.69) is 15.5 Å². The number of methoxy groups -OCH3 is 1. The summed E-state index contributed by atoms with van der Waals surface area (Å²) in [6.45, 7) is 4.58. The molecule has 0 aliphatic carbocycles. The number of ether oxygens (including phenoxy) is 1. The number of hydrogen-bond donors (Lipinski definition) is 0. The standard InChI is InChI=1S/C16H13F5O5S/c1-9(5-4-6-10(2)15(22)25-3)13-11(17)7-8-12(14(13)18)26-27(23,24)16(19,20)21/h4-8H,2H2,1,3H3/b6-4-,9-5+. The summed E-state index contributed by atoms with van der Waals surface area (Å²) in [7, 11) is -5.01. The average molecular weight is 412 g/mol. The molecule has 0 bridgehead atoms. The van der Waals surface area contributed by atoms with E-state index in [1.807, 2.05) is 0 Å². The Morgan fingerprint density at radius 3 is 2.33 bits per heavy atom. The molecule has 1 aromatic rings. The Balaban J connectivity index is 3.26. The van der Waals surface area contributed by atoms with Crippen LogP contribution < -0.4 is 4.18 Å². The van der Waals surface area contributed by atoms with E-state index in [4.69, 9.17) is 0 Å². The number of carbonyl (C=O) groups is 1. The van der Waals surface area contributed by atoms with Crippen molar-refractivity contribution in [3.8, 4) is 5.75 Å². The topological polar surface area (TPSA) is 69.7 Å². The first-order valence-corrected chi connectivity index (χ1v) is 8.34. The second-order valence-electron chi connectivity index (χ2n) is 4.94. The third kappa shape index (κ3) is 5.39. The molecule has 1 rings (SSSR count). The van der Waals surface area contributed by atoms with Crippen molar-refractivity contribution < 1.29 is 44.1 Å². The van der Waals surface area contributed by atoms with Gasteiger partial charge >= 0.3 is 21.6 Å². The van der Waals surface area contributed by atoms with Gasteiger partial charge in [-0.05, 0) is 30.7 Å². The molecule has 5 nitrogen and oxygen atoms in total. The van der Waals surface area contributed by atoms with Gasteiger partial charge in [-0.25, -0.2) is 13.6 Å². The minimum Gasteiger partial charge on any atom is -0.465 e. The van der Waals surface area contributed by atoms with Gasteiger partial charge in [-0.3, -0.25) is 0 Å². The third-order valence-corrected chi connectivity index (χ3v) is 3.99. The van der Waals surface area contributed by atoms with E-state index in [0.717, 1.165) is 13.2 Å². The molecule has 0 aliphatic rings. The fourth-order valence-corrected chi connectivity index (χ4v) is 2.18.